The second-order valence-corrected chi connectivity index (χ2v) is 5.09. The second-order valence-electron chi connectivity index (χ2n) is 5.09. The molecule has 4 rings (SSSR count). The Morgan fingerprint density at radius 1 is 1.00 bits per heavy atom. The van der Waals surface area contributed by atoms with Crippen molar-refractivity contribution in [2.45, 2.75) is 37.6 Å². The highest BCUT2D eigenvalue weighted by molar-refractivity contribution is 5.77. The van der Waals surface area contributed by atoms with Crippen LogP contribution in [-0.2, 0) is 0 Å². The largest absolute Gasteiger partial charge is 0.365 e. The summed E-state index contributed by atoms with van der Waals surface area (Å²) in [5.41, 5.74) is 3.23. The average Bonchev–Trinajstić information content (AvgIpc) is 2.73. The fraction of sp³-hybridized carbons (Fsp3) is 0.429. The van der Waals surface area contributed by atoms with E-state index in [2.05, 4.69) is 11.4 Å². The maximum Gasteiger partial charge on any atom is 0.149 e. The van der Waals surface area contributed by atoms with Crippen molar-refractivity contribution in [2.24, 2.45) is 0 Å². The SMILES string of the molecule is c1ccc2nc3c(nc2c1)N[C@@H]1CCCC[C@H]31. The summed E-state index contributed by atoms with van der Waals surface area (Å²) in [5.74, 6) is 1.62. The molecule has 0 bridgehead atoms. The van der Waals surface area contributed by atoms with Crippen LogP contribution in [0.3, 0.4) is 0 Å². The third kappa shape index (κ3) is 1.35. The lowest BCUT2D eigenvalue weighted by molar-refractivity contribution is 0.417. The molecule has 0 spiro atoms. The lowest BCUT2D eigenvalue weighted by atomic mass is 9.85. The van der Waals surface area contributed by atoms with E-state index in [1.165, 1.54) is 31.4 Å². The number of anilines is 1. The molecule has 17 heavy (non-hydrogen) atoms. The van der Waals surface area contributed by atoms with Gasteiger partial charge in [0.25, 0.3) is 0 Å². The van der Waals surface area contributed by atoms with Gasteiger partial charge in [0.15, 0.2) is 0 Å². The van der Waals surface area contributed by atoms with E-state index >= 15 is 0 Å². The first kappa shape index (κ1) is 9.40. The molecule has 1 N–H and O–H groups in total. The van der Waals surface area contributed by atoms with E-state index in [4.69, 9.17) is 9.97 Å². The number of aromatic nitrogens is 2. The molecular weight excluding hydrogens is 210 g/mol. The van der Waals surface area contributed by atoms with E-state index in [1.54, 1.807) is 0 Å². The Hall–Kier alpha value is -1.64. The fourth-order valence-electron chi connectivity index (χ4n) is 3.18. The molecule has 0 amide bonds. The fourth-order valence-corrected chi connectivity index (χ4v) is 3.18. The lowest BCUT2D eigenvalue weighted by Crippen LogP contribution is -2.24. The van der Waals surface area contributed by atoms with Crippen molar-refractivity contribution in [1.29, 1.82) is 0 Å². The Morgan fingerprint density at radius 2 is 1.76 bits per heavy atom. The van der Waals surface area contributed by atoms with Gasteiger partial charge in [0, 0.05) is 12.0 Å². The molecule has 0 radical (unpaired) electrons. The van der Waals surface area contributed by atoms with E-state index in [-0.39, 0.29) is 0 Å². The number of hydrogen-bond donors (Lipinski definition) is 1. The number of nitrogens with one attached hydrogen (secondary N) is 1. The standard InChI is InChI=1S/C14H15N3/c1-2-6-10-9(5-1)13-14(16-10)17-12-8-4-3-7-11(12)15-13/h3-4,7-10H,1-2,5-6H2,(H,16,17)/t9-,10+/m0/s1. The van der Waals surface area contributed by atoms with Crippen LogP contribution in [-0.4, -0.2) is 16.0 Å². The predicted molar refractivity (Wildman–Crippen MR) is 68.2 cm³/mol. The highest BCUT2D eigenvalue weighted by Gasteiger charge is 2.36. The molecule has 2 aromatic rings. The van der Waals surface area contributed by atoms with Crippen molar-refractivity contribution in [1.82, 2.24) is 9.97 Å². The third-order valence-corrected chi connectivity index (χ3v) is 4.04. The maximum absolute atomic E-state index is 4.82. The molecule has 2 aliphatic rings. The minimum absolute atomic E-state index is 0.579. The van der Waals surface area contributed by atoms with Gasteiger partial charge in [-0.1, -0.05) is 25.0 Å². The van der Waals surface area contributed by atoms with Crippen LogP contribution in [0.4, 0.5) is 5.82 Å². The normalized spacial score (nSPS) is 26.4. The number of para-hydroxylation sites is 2. The first-order valence-electron chi connectivity index (χ1n) is 6.45. The number of rotatable bonds is 0. The van der Waals surface area contributed by atoms with E-state index in [0.717, 1.165) is 16.9 Å². The third-order valence-electron chi connectivity index (χ3n) is 4.04. The van der Waals surface area contributed by atoms with E-state index < -0.39 is 0 Å². The van der Waals surface area contributed by atoms with E-state index in [0.29, 0.717) is 12.0 Å². The molecular formula is C14H15N3. The highest BCUT2D eigenvalue weighted by atomic mass is 15.1. The topological polar surface area (TPSA) is 37.8 Å². The highest BCUT2D eigenvalue weighted by Crippen LogP contribution is 2.42. The van der Waals surface area contributed by atoms with Crippen molar-refractivity contribution in [3.05, 3.63) is 30.0 Å². The van der Waals surface area contributed by atoms with Gasteiger partial charge >= 0.3 is 0 Å². The Labute approximate surface area is 100 Å². The van der Waals surface area contributed by atoms with Gasteiger partial charge < -0.3 is 5.32 Å². The summed E-state index contributed by atoms with van der Waals surface area (Å²) in [4.78, 5) is 9.52. The van der Waals surface area contributed by atoms with Crippen molar-refractivity contribution < 1.29 is 0 Å². The van der Waals surface area contributed by atoms with Crippen LogP contribution in [0.2, 0.25) is 0 Å². The second kappa shape index (κ2) is 3.42. The minimum atomic E-state index is 0.579. The molecule has 1 aliphatic heterocycles. The number of benzene rings is 1. The summed E-state index contributed by atoms with van der Waals surface area (Å²) < 4.78 is 0. The summed E-state index contributed by atoms with van der Waals surface area (Å²) in [5, 5.41) is 3.55. The van der Waals surface area contributed by atoms with Gasteiger partial charge in [-0.3, -0.25) is 0 Å². The van der Waals surface area contributed by atoms with Crippen LogP contribution in [0.5, 0.6) is 0 Å². The zero-order chi connectivity index (χ0) is 11.2. The molecule has 0 unspecified atom stereocenters. The van der Waals surface area contributed by atoms with Gasteiger partial charge in [-0.05, 0) is 25.0 Å². The number of fused-ring (bicyclic) bond motifs is 4. The van der Waals surface area contributed by atoms with Gasteiger partial charge in [-0.2, -0.15) is 0 Å². The van der Waals surface area contributed by atoms with Gasteiger partial charge in [0.2, 0.25) is 0 Å². The molecule has 86 valence electrons. The molecule has 3 nitrogen and oxygen atoms in total. The van der Waals surface area contributed by atoms with Gasteiger partial charge in [0.05, 0.1) is 16.7 Å². The van der Waals surface area contributed by atoms with Crippen molar-refractivity contribution in [3.63, 3.8) is 0 Å². The van der Waals surface area contributed by atoms with Gasteiger partial charge in [-0.25, -0.2) is 9.97 Å². The molecule has 1 aromatic carbocycles. The predicted octanol–water partition coefficient (Wildman–Crippen LogP) is 3.08. The Morgan fingerprint density at radius 3 is 2.65 bits per heavy atom. The first-order chi connectivity index (χ1) is 8.42. The van der Waals surface area contributed by atoms with Crippen molar-refractivity contribution >= 4 is 16.9 Å². The Kier molecular flexibility index (Phi) is 1.89. The molecule has 0 saturated heterocycles. The number of hydrogen-bond acceptors (Lipinski definition) is 3. The van der Waals surface area contributed by atoms with Crippen LogP contribution in [0.1, 0.15) is 37.3 Å². The number of nitrogens with zero attached hydrogens (tertiary/aromatic N) is 2. The van der Waals surface area contributed by atoms with Crippen LogP contribution in [0.15, 0.2) is 24.3 Å². The first-order valence-corrected chi connectivity index (χ1v) is 6.45. The monoisotopic (exact) mass is 225 g/mol. The summed E-state index contributed by atoms with van der Waals surface area (Å²) in [6.07, 6.45) is 5.19. The Balaban J connectivity index is 1.89. The molecule has 3 heteroatoms. The quantitative estimate of drug-likeness (QED) is 0.748. The summed E-state index contributed by atoms with van der Waals surface area (Å²) in [6, 6.07) is 8.72. The maximum atomic E-state index is 4.82. The summed E-state index contributed by atoms with van der Waals surface area (Å²) in [7, 11) is 0. The smallest absolute Gasteiger partial charge is 0.149 e. The van der Waals surface area contributed by atoms with Crippen LogP contribution < -0.4 is 5.32 Å². The molecule has 1 saturated carbocycles. The summed E-state index contributed by atoms with van der Waals surface area (Å²) in [6.45, 7) is 0. The zero-order valence-electron chi connectivity index (χ0n) is 9.69. The molecule has 1 aliphatic carbocycles. The Bertz CT molecular complexity index is 579. The van der Waals surface area contributed by atoms with Crippen LogP contribution in [0.25, 0.3) is 11.0 Å². The van der Waals surface area contributed by atoms with Crippen molar-refractivity contribution in [3.8, 4) is 0 Å². The zero-order valence-corrected chi connectivity index (χ0v) is 9.69. The lowest BCUT2D eigenvalue weighted by Gasteiger charge is -2.24. The molecule has 1 aromatic heterocycles. The summed E-state index contributed by atoms with van der Waals surface area (Å²) >= 11 is 0. The van der Waals surface area contributed by atoms with Crippen LogP contribution >= 0.6 is 0 Å². The van der Waals surface area contributed by atoms with Crippen molar-refractivity contribution in [2.75, 3.05) is 5.32 Å². The van der Waals surface area contributed by atoms with E-state index in [1.807, 2.05) is 18.2 Å². The molecule has 2 heterocycles. The molecule has 2 atom stereocenters. The van der Waals surface area contributed by atoms with Gasteiger partial charge in [-0.15, -0.1) is 0 Å². The minimum Gasteiger partial charge on any atom is -0.365 e. The molecule has 1 fully saturated rings. The van der Waals surface area contributed by atoms with E-state index in [9.17, 15) is 0 Å². The van der Waals surface area contributed by atoms with Crippen LogP contribution in [0, 0.1) is 0 Å². The van der Waals surface area contributed by atoms with Gasteiger partial charge in [0.1, 0.15) is 5.82 Å². The average molecular weight is 225 g/mol.